The van der Waals surface area contributed by atoms with Gasteiger partial charge in [0, 0.05) is 12.8 Å². The number of rotatable bonds is 4. The minimum atomic E-state index is 0.513. The third-order valence-electron chi connectivity index (χ3n) is 2.14. The predicted octanol–water partition coefficient (Wildman–Crippen LogP) is 2.90. The van der Waals surface area contributed by atoms with E-state index < -0.39 is 0 Å². The molecule has 0 amide bonds. The molecule has 76 valence electrons. The first-order chi connectivity index (χ1) is 6.41. The van der Waals surface area contributed by atoms with Crippen molar-refractivity contribution in [3.8, 4) is 0 Å². The molecular weight excluding hydrogens is 164 g/mol. The highest BCUT2D eigenvalue weighted by Gasteiger charge is 1.95. The van der Waals surface area contributed by atoms with E-state index in [1.165, 1.54) is 38.5 Å². The van der Waals surface area contributed by atoms with Gasteiger partial charge >= 0.3 is 0 Å². The van der Waals surface area contributed by atoms with Crippen LogP contribution in [0, 0.1) is 0 Å². The molecule has 0 radical (unpaired) electrons. The molecule has 0 N–H and O–H groups in total. The van der Waals surface area contributed by atoms with Crippen LogP contribution in [0.15, 0.2) is 0 Å². The molecule has 0 aromatic heterocycles. The van der Waals surface area contributed by atoms with Crippen LogP contribution >= 0.6 is 0 Å². The number of unbranched alkanes of at least 4 members (excludes halogenated alkanes) is 2. The summed E-state index contributed by atoms with van der Waals surface area (Å²) in [6.07, 6.45) is 12.4. The Balaban J connectivity index is 0.000000223. The number of aldehydes is 2. The Hall–Kier alpha value is -0.660. The maximum Gasteiger partial charge on any atom is 0.120 e. The SMILES string of the molecule is C1CCCCC1.O=CCCCC=O. The molecular formula is C11H20O2. The fraction of sp³-hybridized carbons (Fsp3) is 0.818. The number of hydrogen-bond donors (Lipinski definition) is 0. The van der Waals surface area contributed by atoms with E-state index in [0.29, 0.717) is 19.3 Å². The smallest absolute Gasteiger partial charge is 0.120 e. The van der Waals surface area contributed by atoms with Gasteiger partial charge in [-0.3, -0.25) is 0 Å². The molecule has 0 aromatic carbocycles. The molecule has 0 saturated heterocycles. The van der Waals surface area contributed by atoms with Crippen LogP contribution < -0.4 is 0 Å². The van der Waals surface area contributed by atoms with Gasteiger partial charge in [-0.25, -0.2) is 0 Å². The Bertz CT molecular complexity index is 97.7. The van der Waals surface area contributed by atoms with Crippen LogP contribution in [0.1, 0.15) is 57.8 Å². The van der Waals surface area contributed by atoms with E-state index in [2.05, 4.69) is 0 Å². The third-order valence-corrected chi connectivity index (χ3v) is 2.14. The molecule has 0 aromatic rings. The fourth-order valence-electron chi connectivity index (χ4n) is 1.35. The third kappa shape index (κ3) is 11.3. The standard InChI is InChI=1S/C6H12.C5H8O2/c1-2-4-6-5-3-1;6-4-2-1-3-5-7/h1-6H2;4-5H,1-3H2. The average Bonchev–Trinajstić information content (AvgIpc) is 2.22. The first-order valence-electron chi connectivity index (χ1n) is 5.29. The van der Waals surface area contributed by atoms with E-state index in [1.54, 1.807) is 0 Å². The van der Waals surface area contributed by atoms with E-state index >= 15 is 0 Å². The highest BCUT2D eigenvalue weighted by atomic mass is 16.1. The zero-order chi connectivity index (χ0) is 9.78. The molecule has 1 aliphatic rings. The molecule has 1 fully saturated rings. The summed E-state index contributed by atoms with van der Waals surface area (Å²) in [6.45, 7) is 0. The lowest BCUT2D eigenvalue weighted by atomic mass is 10.0. The second-order valence-electron chi connectivity index (χ2n) is 3.39. The topological polar surface area (TPSA) is 34.1 Å². The largest absolute Gasteiger partial charge is 0.303 e. The summed E-state index contributed by atoms with van der Waals surface area (Å²) in [7, 11) is 0. The zero-order valence-corrected chi connectivity index (χ0v) is 8.34. The van der Waals surface area contributed by atoms with Crippen molar-refractivity contribution in [3.63, 3.8) is 0 Å². The fourth-order valence-corrected chi connectivity index (χ4v) is 1.35. The lowest BCUT2D eigenvalue weighted by Gasteiger charge is -2.05. The summed E-state index contributed by atoms with van der Waals surface area (Å²) in [5.41, 5.74) is 0. The molecule has 1 saturated carbocycles. The summed E-state index contributed by atoms with van der Waals surface area (Å²) < 4.78 is 0. The van der Waals surface area contributed by atoms with Crippen molar-refractivity contribution in [2.45, 2.75) is 57.8 Å². The Labute approximate surface area is 80.7 Å². The van der Waals surface area contributed by atoms with Gasteiger partial charge in [0.1, 0.15) is 12.6 Å². The van der Waals surface area contributed by atoms with Gasteiger partial charge < -0.3 is 9.59 Å². The van der Waals surface area contributed by atoms with E-state index in [-0.39, 0.29) is 0 Å². The first kappa shape index (κ1) is 12.3. The maximum atomic E-state index is 9.56. The van der Waals surface area contributed by atoms with Crippen molar-refractivity contribution in [2.24, 2.45) is 0 Å². The van der Waals surface area contributed by atoms with Crippen LogP contribution in [0.4, 0.5) is 0 Å². The molecule has 0 atom stereocenters. The Morgan fingerprint density at radius 3 is 1.23 bits per heavy atom. The maximum absolute atomic E-state index is 9.56. The summed E-state index contributed by atoms with van der Waals surface area (Å²) in [6, 6.07) is 0. The van der Waals surface area contributed by atoms with E-state index in [0.717, 1.165) is 12.6 Å². The molecule has 0 bridgehead atoms. The normalized spacial score (nSPS) is 15.4. The second kappa shape index (κ2) is 11.3. The lowest BCUT2D eigenvalue weighted by molar-refractivity contribution is -0.108. The molecule has 0 unspecified atom stereocenters. The quantitative estimate of drug-likeness (QED) is 0.497. The highest BCUT2D eigenvalue weighted by molar-refractivity contribution is 5.52. The highest BCUT2D eigenvalue weighted by Crippen LogP contribution is 2.15. The van der Waals surface area contributed by atoms with Crippen LogP contribution in [0.3, 0.4) is 0 Å². The van der Waals surface area contributed by atoms with Crippen LogP contribution in [0.5, 0.6) is 0 Å². The van der Waals surface area contributed by atoms with Crippen molar-refractivity contribution in [3.05, 3.63) is 0 Å². The Morgan fingerprint density at radius 1 is 0.692 bits per heavy atom. The number of carbonyl (C=O) groups excluding carboxylic acids is 2. The number of carbonyl (C=O) groups is 2. The predicted molar refractivity (Wildman–Crippen MR) is 53.7 cm³/mol. The van der Waals surface area contributed by atoms with Crippen LogP contribution in [0.25, 0.3) is 0 Å². The van der Waals surface area contributed by atoms with E-state index in [4.69, 9.17) is 0 Å². The molecule has 0 spiro atoms. The second-order valence-corrected chi connectivity index (χ2v) is 3.39. The first-order valence-corrected chi connectivity index (χ1v) is 5.29. The van der Waals surface area contributed by atoms with Crippen molar-refractivity contribution >= 4 is 12.6 Å². The Morgan fingerprint density at radius 2 is 1.00 bits per heavy atom. The van der Waals surface area contributed by atoms with Gasteiger partial charge in [-0.05, 0) is 6.42 Å². The van der Waals surface area contributed by atoms with Gasteiger partial charge in [-0.1, -0.05) is 38.5 Å². The zero-order valence-electron chi connectivity index (χ0n) is 8.34. The minimum absolute atomic E-state index is 0.513. The van der Waals surface area contributed by atoms with Gasteiger partial charge in [0.15, 0.2) is 0 Å². The summed E-state index contributed by atoms with van der Waals surface area (Å²) >= 11 is 0. The molecule has 1 aliphatic carbocycles. The van der Waals surface area contributed by atoms with Gasteiger partial charge in [-0.2, -0.15) is 0 Å². The van der Waals surface area contributed by atoms with Gasteiger partial charge in [-0.15, -0.1) is 0 Å². The van der Waals surface area contributed by atoms with Crippen molar-refractivity contribution < 1.29 is 9.59 Å². The number of hydrogen-bond acceptors (Lipinski definition) is 2. The van der Waals surface area contributed by atoms with Crippen molar-refractivity contribution in [1.29, 1.82) is 0 Å². The van der Waals surface area contributed by atoms with Crippen molar-refractivity contribution in [2.75, 3.05) is 0 Å². The van der Waals surface area contributed by atoms with Crippen molar-refractivity contribution in [1.82, 2.24) is 0 Å². The molecule has 0 heterocycles. The van der Waals surface area contributed by atoms with E-state index in [9.17, 15) is 9.59 Å². The Kier molecular flexibility index (Phi) is 10.8. The summed E-state index contributed by atoms with van der Waals surface area (Å²) in [5.74, 6) is 0. The monoisotopic (exact) mass is 184 g/mol. The van der Waals surface area contributed by atoms with Gasteiger partial charge in [0.2, 0.25) is 0 Å². The van der Waals surface area contributed by atoms with Gasteiger partial charge in [0.05, 0.1) is 0 Å². The van der Waals surface area contributed by atoms with E-state index in [1.807, 2.05) is 0 Å². The summed E-state index contributed by atoms with van der Waals surface area (Å²) in [4.78, 5) is 19.1. The molecule has 13 heavy (non-hydrogen) atoms. The molecule has 1 rings (SSSR count). The minimum Gasteiger partial charge on any atom is -0.303 e. The molecule has 2 heteroatoms. The molecule has 0 aliphatic heterocycles. The van der Waals surface area contributed by atoms with Crippen LogP contribution in [-0.4, -0.2) is 12.6 Å². The summed E-state index contributed by atoms with van der Waals surface area (Å²) in [5, 5.41) is 0. The molecule has 2 nitrogen and oxygen atoms in total. The lowest BCUT2D eigenvalue weighted by Crippen LogP contribution is -1.85. The van der Waals surface area contributed by atoms with Crippen LogP contribution in [0.2, 0.25) is 0 Å². The van der Waals surface area contributed by atoms with Gasteiger partial charge in [0.25, 0.3) is 0 Å². The average molecular weight is 184 g/mol. The van der Waals surface area contributed by atoms with Crippen LogP contribution in [-0.2, 0) is 9.59 Å².